The molecule has 3 rings (SSSR count). The summed E-state index contributed by atoms with van der Waals surface area (Å²) < 4.78 is 24.8. The van der Waals surface area contributed by atoms with E-state index in [4.69, 9.17) is 9.47 Å². The van der Waals surface area contributed by atoms with E-state index in [2.05, 4.69) is 41.2 Å². The van der Waals surface area contributed by atoms with E-state index in [9.17, 15) is 4.39 Å². The lowest BCUT2D eigenvalue weighted by Gasteiger charge is -2.48. The lowest BCUT2D eigenvalue weighted by Crippen LogP contribution is -2.53. The molecule has 1 saturated carbocycles. The maximum absolute atomic E-state index is 13.8. The number of hydrogen-bond acceptors (Lipinski definition) is 5. The molecule has 0 spiro atoms. The number of thiocarbonyl (C=S) groups is 1. The summed E-state index contributed by atoms with van der Waals surface area (Å²) in [6.07, 6.45) is 2.70. The van der Waals surface area contributed by atoms with Gasteiger partial charge in [0.25, 0.3) is 0 Å². The summed E-state index contributed by atoms with van der Waals surface area (Å²) in [5.74, 6) is -0.163. The third-order valence-electron chi connectivity index (χ3n) is 5.08. The Balaban J connectivity index is 1.62. The Bertz CT molecular complexity index is 832. The van der Waals surface area contributed by atoms with Crippen molar-refractivity contribution in [2.24, 2.45) is 10.4 Å². The van der Waals surface area contributed by atoms with Crippen molar-refractivity contribution in [3.63, 3.8) is 0 Å². The molecule has 0 bridgehead atoms. The van der Waals surface area contributed by atoms with Crippen LogP contribution in [-0.4, -0.2) is 29.4 Å². The van der Waals surface area contributed by atoms with E-state index < -0.39 is 5.82 Å². The zero-order valence-corrected chi connectivity index (χ0v) is 15.8. The predicted octanol–water partition coefficient (Wildman–Crippen LogP) is 4.68. The number of benzene rings is 1. The molecule has 2 atom stereocenters. The maximum Gasteiger partial charge on any atom is 0.165 e. The first-order valence-corrected chi connectivity index (χ1v) is 8.84. The van der Waals surface area contributed by atoms with Gasteiger partial charge >= 0.3 is 0 Å². The molecule has 26 heavy (non-hydrogen) atoms. The number of aliphatic imine (C=N–C) groups is 1. The van der Waals surface area contributed by atoms with Gasteiger partial charge in [-0.05, 0) is 42.4 Å². The summed E-state index contributed by atoms with van der Waals surface area (Å²) in [6.45, 7) is 4.67. The highest BCUT2D eigenvalue weighted by molar-refractivity contribution is 7.78. The topological polar surface area (TPSA) is 43.7 Å². The summed E-state index contributed by atoms with van der Waals surface area (Å²) in [6, 6.07) is 8.85. The molecule has 6 heteroatoms. The second-order valence-corrected chi connectivity index (χ2v) is 7.16. The van der Waals surface area contributed by atoms with E-state index in [-0.39, 0.29) is 23.3 Å². The fourth-order valence-corrected chi connectivity index (χ4v) is 3.27. The summed E-state index contributed by atoms with van der Waals surface area (Å²) >= 11 is 4.69. The van der Waals surface area contributed by atoms with Crippen LogP contribution in [0.1, 0.15) is 26.0 Å². The number of nitrogens with zero attached hydrogens (tertiary/aromatic N) is 2. The van der Waals surface area contributed by atoms with Crippen LogP contribution in [-0.2, 0) is 11.3 Å². The van der Waals surface area contributed by atoms with Crippen molar-refractivity contribution < 1.29 is 13.9 Å². The van der Waals surface area contributed by atoms with Gasteiger partial charge in [0.1, 0.15) is 0 Å². The zero-order chi connectivity index (χ0) is 18.7. The first kappa shape index (κ1) is 18.6. The number of rotatable bonds is 6. The molecule has 1 heterocycles. The van der Waals surface area contributed by atoms with Crippen LogP contribution >= 0.6 is 12.2 Å². The molecule has 1 aromatic heterocycles. The monoisotopic (exact) mass is 372 g/mol. The molecule has 1 unspecified atom stereocenters. The molecule has 0 saturated heterocycles. The van der Waals surface area contributed by atoms with Crippen molar-refractivity contribution in [2.45, 2.75) is 39.0 Å². The minimum Gasteiger partial charge on any atom is -0.494 e. The number of hydrogen-bond donors (Lipinski definition) is 0. The van der Waals surface area contributed by atoms with Crippen molar-refractivity contribution in [1.29, 1.82) is 0 Å². The fraction of sp³-hybridized carbons (Fsp3) is 0.400. The summed E-state index contributed by atoms with van der Waals surface area (Å²) in [4.78, 5) is 8.61. The number of methoxy groups -OCH3 is 1. The molecular formula is C20H21FN2O2S. The van der Waals surface area contributed by atoms with Crippen LogP contribution in [0.25, 0.3) is 11.1 Å². The third kappa shape index (κ3) is 3.68. The Hall–Kier alpha value is -2.14. The molecule has 0 N–H and O–H groups in total. The molecule has 2 aromatic rings. The van der Waals surface area contributed by atoms with E-state index in [1.165, 1.54) is 13.2 Å². The van der Waals surface area contributed by atoms with Crippen molar-refractivity contribution in [3.05, 3.63) is 48.0 Å². The molecular weight excluding hydrogens is 351 g/mol. The third-order valence-corrected chi connectivity index (χ3v) is 5.18. The van der Waals surface area contributed by atoms with Gasteiger partial charge in [0, 0.05) is 17.2 Å². The summed E-state index contributed by atoms with van der Waals surface area (Å²) in [5.41, 5.74) is 2.38. The van der Waals surface area contributed by atoms with Crippen LogP contribution in [0.4, 0.5) is 4.39 Å². The molecule has 136 valence electrons. The molecule has 1 aromatic carbocycles. The lowest BCUT2D eigenvalue weighted by molar-refractivity contribution is -0.115. The maximum atomic E-state index is 13.8. The number of halogens is 1. The van der Waals surface area contributed by atoms with Gasteiger partial charge in [-0.1, -0.05) is 26.0 Å². The van der Waals surface area contributed by atoms with Crippen LogP contribution in [0.15, 0.2) is 41.5 Å². The van der Waals surface area contributed by atoms with E-state index in [0.717, 1.165) is 23.2 Å². The normalized spacial score (nSPS) is 20.8. The van der Waals surface area contributed by atoms with Gasteiger partial charge in [-0.2, -0.15) is 0 Å². The van der Waals surface area contributed by atoms with Crippen LogP contribution in [0, 0.1) is 11.2 Å². The summed E-state index contributed by atoms with van der Waals surface area (Å²) in [7, 11) is 1.45. The van der Waals surface area contributed by atoms with E-state index in [1.54, 1.807) is 12.3 Å². The number of ether oxygens (including phenoxy) is 2. The quantitative estimate of drug-likeness (QED) is 0.545. The zero-order valence-electron chi connectivity index (χ0n) is 15.0. The van der Waals surface area contributed by atoms with Crippen LogP contribution in [0.5, 0.6) is 5.75 Å². The molecule has 4 nitrogen and oxygen atoms in total. The second-order valence-electron chi connectivity index (χ2n) is 6.98. The van der Waals surface area contributed by atoms with Gasteiger partial charge in [-0.25, -0.2) is 9.38 Å². The van der Waals surface area contributed by atoms with Crippen molar-refractivity contribution in [1.82, 2.24) is 4.98 Å². The highest BCUT2D eigenvalue weighted by Crippen LogP contribution is 2.45. The Kier molecular flexibility index (Phi) is 5.47. The van der Waals surface area contributed by atoms with E-state index in [0.29, 0.717) is 6.61 Å². The van der Waals surface area contributed by atoms with Gasteiger partial charge in [-0.3, -0.25) is 4.98 Å². The smallest absolute Gasteiger partial charge is 0.165 e. The van der Waals surface area contributed by atoms with E-state index >= 15 is 0 Å². The lowest BCUT2D eigenvalue weighted by atomic mass is 9.65. The van der Waals surface area contributed by atoms with Gasteiger partial charge in [-0.15, -0.1) is 0 Å². The van der Waals surface area contributed by atoms with Gasteiger partial charge in [0.15, 0.2) is 11.6 Å². The standard InChI is InChI=1S/C20H21FN2O2S/c1-20(2)18(23-12-26)9-19(20)25-11-15-6-4-14(10-22-15)13-5-7-17(24-3)16(21)8-13/h4-8,10,18-19H,9,11H2,1-3H3/t18?,19-/m0/s1. The SMILES string of the molecule is COc1ccc(-c2ccc(CO[C@H]3CC(N=C=S)C3(C)C)nc2)cc1F. The van der Waals surface area contributed by atoms with Crippen LogP contribution in [0.2, 0.25) is 0 Å². The average molecular weight is 372 g/mol. The molecule has 0 radical (unpaired) electrons. The fourth-order valence-electron chi connectivity index (χ4n) is 3.14. The Morgan fingerprint density at radius 3 is 2.65 bits per heavy atom. The van der Waals surface area contributed by atoms with Gasteiger partial charge < -0.3 is 9.47 Å². The number of isothiocyanates is 1. The molecule has 1 aliphatic carbocycles. The molecule has 0 amide bonds. The van der Waals surface area contributed by atoms with Crippen molar-refractivity contribution >= 4 is 17.4 Å². The largest absolute Gasteiger partial charge is 0.494 e. The van der Waals surface area contributed by atoms with E-state index in [1.807, 2.05) is 18.2 Å². The molecule has 0 aliphatic heterocycles. The Morgan fingerprint density at radius 2 is 2.08 bits per heavy atom. The number of pyridine rings is 1. The second kappa shape index (κ2) is 7.62. The molecule has 1 aliphatic rings. The predicted molar refractivity (Wildman–Crippen MR) is 102 cm³/mol. The molecule has 1 fully saturated rings. The first-order valence-electron chi connectivity index (χ1n) is 8.43. The minimum atomic E-state index is -0.391. The van der Waals surface area contributed by atoms with Gasteiger partial charge in [0.05, 0.1) is 36.7 Å². The van der Waals surface area contributed by atoms with Crippen molar-refractivity contribution in [3.8, 4) is 16.9 Å². The first-order chi connectivity index (χ1) is 12.5. The van der Waals surface area contributed by atoms with Crippen LogP contribution < -0.4 is 4.74 Å². The highest BCUT2D eigenvalue weighted by Gasteiger charge is 2.49. The van der Waals surface area contributed by atoms with Gasteiger partial charge in [0.2, 0.25) is 0 Å². The van der Waals surface area contributed by atoms with Crippen LogP contribution in [0.3, 0.4) is 0 Å². The minimum absolute atomic E-state index is 0.0492. The highest BCUT2D eigenvalue weighted by atomic mass is 32.1. The Morgan fingerprint density at radius 1 is 1.31 bits per heavy atom. The summed E-state index contributed by atoms with van der Waals surface area (Å²) in [5, 5.41) is 2.46. The Labute approximate surface area is 158 Å². The van der Waals surface area contributed by atoms with Crippen molar-refractivity contribution in [2.75, 3.05) is 7.11 Å². The number of aromatic nitrogens is 1. The average Bonchev–Trinajstić information content (AvgIpc) is 2.64.